The minimum absolute atomic E-state index is 0.0116. The number of likely N-dealkylation sites (N-methyl/N-ethyl adjacent to an activating group) is 1. The summed E-state index contributed by atoms with van der Waals surface area (Å²) in [6.45, 7) is 1.06. The van der Waals surface area contributed by atoms with Crippen LogP contribution in [0, 0.1) is 0 Å². The van der Waals surface area contributed by atoms with E-state index in [2.05, 4.69) is 5.32 Å². The second kappa shape index (κ2) is 5.25. The fraction of sp³-hybridized carbons (Fsp3) is 0.467. The molecule has 1 aromatic carbocycles. The SMILES string of the molecule is CN(C(=O)CN1C(=O)CNCc2ccccc21)C1CC1. The number of fused-ring (bicyclic) bond motifs is 1. The molecule has 20 heavy (non-hydrogen) atoms. The summed E-state index contributed by atoms with van der Waals surface area (Å²) in [4.78, 5) is 27.9. The van der Waals surface area contributed by atoms with Gasteiger partial charge in [-0.3, -0.25) is 9.59 Å². The fourth-order valence-corrected chi connectivity index (χ4v) is 2.54. The van der Waals surface area contributed by atoms with Gasteiger partial charge in [-0.05, 0) is 24.5 Å². The fourth-order valence-electron chi connectivity index (χ4n) is 2.54. The second-order valence-corrected chi connectivity index (χ2v) is 5.45. The van der Waals surface area contributed by atoms with E-state index in [1.165, 1.54) is 0 Å². The molecule has 1 aliphatic carbocycles. The van der Waals surface area contributed by atoms with Crippen LogP contribution in [-0.4, -0.2) is 42.9 Å². The minimum Gasteiger partial charge on any atom is -0.341 e. The van der Waals surface area contributed by atoms with Gasteiger partial charge in [-0.15, -0.1) is 0 Å². The number of nitrogens with one attached hydrogen (secondary N) is 1. The highest BCUT2D eigenvalue weighted by atomic mass is 16.2. The van der Waals surface area contributed by atoms with Crippen molar-refractivity contribution in [2.24, 2.45) is 0 Å². The van der Waals surface area contributed by atoms with E-state index in [0.29, 0.717) is 12.6 Å². The molecule has 1 aromatic rings. The molecule has 5 nitrogen and oxygen atoms in total. The molecule has 5 heteroatoms. The maximum atomic E-state index is 12.3. The summed E-state index contributed by atoms with van der Waals surface area (Å²) in [6.07, 6.45) is 2.16. The van der Waals surface area contributed by atoms with Gasteiger partial charge < -0.3 is 15.1 Å². The third-order valence-corrected chi connectivity index (χ3v) is 3.96. The predicted octanol–water partition coefficient (Wildman–Crippen LogP) is 0.744. The van der Waals surface area contributed by atoms with Crippen molar-refractivity contribution in [2.75, 3.05) is 25.0 Å². The van der Waals surface area contributed by atoms with Crippen LogP contribution in [0.25, 0.3) is 0 Å². The molecule has 0 bridgehead atoms. The lowest BCUT2D eigenvalue weighted by Gasteiger charge is -2.25. The molecule has 1 saturated carbocycles. The van der Waals surface area contributed by atoms with Gasteiger partial charge in [-0.2, -0.15) is 0 Å². The van der Waals surface area contributed by atoms with Crippen molar-refractivity contribution in [1.82, 2.24) is 10.2 Å². The van der Waals surface area contributed by atoms with Crippen LogP contribution in [0.3, 0.4) is 0 Å². The Hall–Kier alpha value is -1.88. The number of anilines is 1. The van der Waals surface area contributed by atoms with E-state index < -0.39 is 0 Å². The molecule has 0 radical (unpaired) electrons. The van der Waals surface area contributed by atoms with Gasteiger partial charge in [0.05, 0.1) is 6.54 Å². The quantitative estimate of drug-likeness (QED) is 0.884. The van der Waals surface area contributed by atoms with Gasteiger partial charge in [-0.1, -0.05) is 18.2 Å². The van der Waals surface area contributed by atoms with Gasteiger partial charge in [0.15, 0.2) is 0 Å². The molecular weight excluding hydrogens is 254 g/mol. The highest BCUT2D eigenvalue weighted by Crippen LogP contribution is 2.27. The Morgan fingerprint density at radius 3 is 2.85 bits per heavy atom. The van der Waals surface area contributed by atoms with Gasteiger partial charge in [0, 0.05) is 25.3 Å². The molecule has 0 unspecified atom stereocenters. The summed E-state index contributed by atoms with van der Waals surface area (Å²) in [5.74, 6) is -0.0370. The van der Waals surface area contributed by atoms with Crippen LogP contribution in [0.5, 0.6) is 0 Å². The Labute approximate surface area is 118 Å². The molecule has 3 rings (SSSR count). The monoisotopic (exact) mass is 273 g/mol. The van der Waals surface area contributed by atoms with Gasteiger partial charge >= 0.3 is 0 Å². The Morgan fingerprint density at radius 1 is 1.35 bits per heavy atom. The van der Waals surface area contributed by atoms with Gasteiger partial charge in [-0.25, -0.2) is 0 Å². The Balaban J connectivity index is 1.82. The third kappa shape index (κ3) is 2.54. The van der Waals surface area contributed by atoms with E-state index in [1.54, 1.807) is 9.80 Å². The van der Waals surface area contributed by atoms with E-state index >= 15 is 0 Å². The zero-order valence-electron chi connectivity index (χ0n) is 11.6. The summed E-state index contributed by atoms with van der Waals surface area (Å²) in [6, 6.07) is 8.12. The third-order valence-electron chi connectivity index (χ3n) is 3.96. The molecule has 2 aliphatic rings. The number of carbonyl (C=O) groups is 2. The van der Waals surface area contributed by atoms with Crippen LogP contribution < -0.4 is 10.2 Å². The van der Waals surface area contributed by atoms with Crippen molar-refractivity contribution in [3.8, 4) is 0 Å². The average Bonchev–Trinajstić information content (AvgIpc) is 3.28. The van der Waals surface area contributed by atoms with Crippen molar-refractivity contribution < 1.29 is 9.59 Å². The summed E-state index contributed by atoms with van der Waals surface area (Å²) >= 11 is 0. The standard InChI is InChI=1S/C15H19N3O2/c1-17(12-6-7-12)15(20)10-18-13-5-3-2-4-11(13)8-16-9-14(18)19/h2-5,12,16H,6-10H2,1H3. The first-order valence-corrected chi connectivity index (χ1v) is 7.01. The molecule has 0 aromatic heterocycles. The summed E-state index contributed by atoms with van der Waals surface area (Å²) in [7, 11) is 1.83. The molecule has 0 atom stereocenters. The van der Waals surface area contributed by atoms with Crippen molar-refractivity contribution in [3.05, 3.63) is 29.8 Å². The van der Waals surface area contributed by atoms with E-state index in [-0.39, 0.29) is 24.9 Å². The van der Waals surface area contributed by atoms with Crippen LogP contribution in [0.4, 0.5) is 5.69 Å². The Kier molecular flexibility index (Phi) is 3.44. The Morgan fingerprint density at radius 2 is 2.10 bits per heavy atom. The lowest BCUT2D eigenvalue weighted by molar-refractivity contribution is -0.130. The lowest BCUT2D eigenvalue weighted by Crippen LogP contribution is -2.44. The number of rotatable bonds is 3. The van der Waals surface area contributed by atoms with Crippen LogP contribution in [0.1, 0.15) is 18.4 Å². The summed E-state index contributed by atoms with van der Waals surface area (Å²) in [5.41, 5.74) is 1.90. The highest BCUT2D eigenvalue weighted by molar-refractivity contribution is 6.00. The smallest absolute Gasteiger partial charge is 0.242 e. The molecule has 1 heterocycles. The van der Waals surface area contributed by atoms with Gasteiger partial charge in [0.1, 0.15) is 6.54 Å². The largest absolute Gasteiger partial charge is 0.341 e. The van der Waals surface area contributed by atoms with Crippen LogP contribution in [-0.2, 0) is 16.1 Å². The maximum absolute atomic E-state index is 12.3. The number of nitrogens with zero attached hydrogens (tertiary/aromatic N) is 2. The zero-order valence-corrected chi connectivity index (χ0v) is 11.6. The van der Waals surface area contributed by atoms with E-state index in [1.807, 2.05) is 31.3 Å². The summed E-state index contributed by atoms with van der Waals surface area (Å²) in [5, 5.41) is 3.10. The van der Waals surface area contributed by atoms with Gasteiger partial charge in [0.25, 0.3) is 0 Å². The van der Waals surface area contributed by atoms with Crippen LogP contribution in [0.15, 0.2) is 24.3 Å². The van der Waals surface area contributed by atoms with Crippen LogP contribution >= 0.6 is 0 Å². The topological polar surface area (TPSA) is 52.7 Å². The molecule has 0 spiro atoms. The van der Waals surface area contributed by atoms with E-state index in [4.69, 9.17) is 0 Å². The molecule has 1 fully saturated rings. The number of carbonyl (C=O) groups excluding carboxylic acids is 2. The van der Waals surface area contributed by atoms with Crippen molar-refractivity contribution in [3.63, 3.8) is 0 Å². The van der Waals surface area contributed by atoms with Crippen molar-refractivity contribution in [2.45, 2.75) is 25.4 Å². The maximum Gasteiger partial charge on any atom is 0.242 e. The van der Waals surface area contributed by atoms with E-state index in [9.17, 15) is 9.59 Å². The average molecular weight is 273 g/mol. The molecule has 1 aliphatic heterocycles. The molecule has 1 N–H and O–H groups in total. The molecule has 0 saturated heterocycles. The normalized spacial score (nSPS) is 18.4. The number of amides is 2. The zero-order chi connectivity index (χ0) is 14.1. The first-order chi connectivity index (χ1) is 9.66. The summed E-state index contributed by atoms with van der Waals surface area (Å²) < 4.78 is 0. The molecule has 106 valence electrons. The Bertz CT molecular complexity index is 540. The molecular formula is C15H19N3O2. The number of hydrogen-bond acceptors (Lipinski definition) is 3. The molecule has 2 amide bonds. The van der Waals surface area contributed by atoms with E-state index in [0.717, 1.165) is 24.1 Å². The second-order valence-electron chi connectivity index (χ2n) is 5.45. The van der Waals surface area contributed by atoms with Gasteiger partial charge in [0.2, 0.25) is 11.8 Å². The minimum atomic E-state index is -0.0486. The predicted molar refractivity (Wildman–Crippen MR) is 76.3 cm³/mol. The highest BCUT2D eigenvalue weighted by Gasteiger charge is 2.32. The first kappa shape index (κ1) is 13.1. The number of hydrogen-bond donors (Lipinski definition) is 1. The number of para-hydroxylation sites is 1. The van der Waals surface area contributed by atoms with Crippen molar-refractivity contribution in [1.29, 1.82) is 0 Å². The first-order valence-electron chi connectivity index (χ1n) is 7.01. The number of benzene rings is 1. The lowest BCUT2D eigenvalue weighted by atomic mass is 10.1. The van der Waals surface area contributed by atoms with Crippen molar-refractivity contribution >= 4 is 17.5 Å². The van der Waals surface area contributed by atoms with Crippen LogP contribution in [0.2, 0.25) is 0 Å².